The number of piperidine rings is 1. The maximum atomic E-state index is 13.8. The minimum atomic E-state index is -4.99. The Kier molecular flexibility index (Phi) is 6.95. The molecule has 0 spiro atoms. The van der Waals surface area contributed by atoms with Crippen LogP contribution in [0.5, 0.6) is 17.5 Å². The second kappa shape index (κ2) is 9.93. The summed E-state index contributed by atoms with van der Waals surface area (Å²) in [5.74, 6) is -2.59. The lowest BCUT2D eigenvalue weighted by molar-refractivity contribution is -0.389. The van der Waals surface area contributed by atoms with Crippen LogP contribution in [-0.2, 0) is 11.3 Å². The average Bonchev–Trinajstić information content (AvgIpc) is 3.20. The van der Waals surface area contributed by atoms with Crippen molar-refractivity contribution < 1.29 is 41.5 Å². The van der Waals surface area contributed by atoms with Crippen LogP contribution < -0.4 is 19.5 Å². The minimum absolute atomic E-state index is 0.0876. The molecule has 1 aromatic carbocycles. The van der Waals surface area contributed by atoms with Crippen LogP contribution in [0.15, 0.2) is 24.4 Å². The third kappa shape index (κ3) is 6.49. The highest BCUT2D eigenvalue weighted by atomic mass is 19.4. The monoisotopic (exact) mass is 503 g/mol. The van der Waals surface area contributed by atoms with Crippen molar-refractivity contribution in [2.75, 3.05) is 26.2 Å². The van der Waals surface area contributed by atoms with E-state index in [4.69, 9.17) is 9.47 Å². The lowest BCUT2D eigenvalue weighted by Gasteiger charge is -2.32. The number of aromatic nitrogens is 2. The molecule has 3 heterocycles. The Morgan fingerprint density at radius 3 is 2.71 bits per heavy atom. The van der Waals surface area contributed by atoms with Gasteiger partial charge < -0.3 is 29.6 Å². The zero-order chi connectivity index (χ0) is 25.2. The first-order valence-electron chi connectivity index (χ1n) is 10.6. The average molecular weight is 503 g/mol. The van der Waals surface area contributed by atoms with E-state index < -0.39 is 22.9 Å². The van der Waals surface area contributed by atoms with Crippen molar-refractivity contribution in [2.24, 2.45) is 0 Å². The molecule has 0 aliphatic carbocycles. The summed E-state index contributed by atoms with van der Waals surface area (Å²) in [6.07, 6.45) is -2.96. The molecule has 4 rings (SSSR count). The Labute approximate surface area is 195 Å². The normalized spacial score (nSPS) is 18.9. The van der Waals surface area contributed by atoms with Crippen LogP contribution in [0.4, 0.5) is 23.4 Å². The Morgan fingerprint density at radius 1 is 1.31 bits per heavy atom. The Balaban J connectivity index is 1.20. The number of carbonyl (C=O) groups is 1. The van der Waals surface area contributed by atoms with Gasteiger partial charge in [0.05, 0.1) is 19.1 Å². The fourth-order valence-electron chi connectivity index (χ4n) is 3.89. The number of likely N-dealkylation sites (tertiary alicyclic amines) is 1. The van der Waals surface area contributed by atoms with Gasteiger partial charge in [0.2, 0.25) is 5.91 Å². The first-order valence-corrected chi connectivity index (χ1v) is 10.6. The Bertz CT molecular complexity index is 1090. The van der Waals surface area contributed by atoms with E-state index >= 15 is 0 Å². The van der Waals surface area contributed by atoms with E-state index in [1.165, 1.54) is 16.8 Å². The van der Waals surface area contributed by atoms with E-state index in [9.17, 15) is 32.5 Å². The molecule has 1 fully saturated rings. The first kappa shape index (κ1) is 24.5. The summed E-state index contributed by atoms with van der Waals surface area (Å²) >= 11 is 0. The molecule has 15 heteroatoms. The number of fused-ring (bicyclic) bond motifs is 1. The van der Waals surface area contributed by atoms with Gasteiger partial charge in [-0.05, 0) is 29.9 Å². The summed E-state index contributed by atoms with van der Waals surface area (Å²) < 4.78 is 66.7. The largest absolute Gasteiger partial charge is 0.573 e. The fraction of sp³-hybridized carbons (Fsp3) is 0.500. The standard InChI is InChI=1S/C20H21F4N5O6/c21-15-7-14(1-2-16(15)35-20(22,23)24)34-13-3-5-27(6-4-13)10-18(30)25-12-8-28-9-17(29(31)32)26-19(28)33-11-12/h1-2,7,9,12-13H,3-6,8,10-11H2,(H,25,30). The second-order valence-corrected chi connectivity index (χ2v) is 8.10. The van der Waals surface area contributed by atoms with Gasteiger partial charge in [0, 0.05) is 24.1 Å². The van der Waals surface area contributed by atoms with E-state index in [0.29, 0.717) is 32.5 Å². The van der Waals surface area contributed by atoms with Crippen molar-refractivity contribution in [2.45, 2.75) is 37.9 Å². The van der Waals surface area contributed by atoms with Gasteiger partial charge in [0.1, 0.15) is 24.7 Å². The van der Waals surface area contributed by atoms with Crippen LogP contribution in [-0.4, -0.2) is 70.0 Å². The number of nitrogens with zero attached hydrogens (tertiary/aromatic N) is 4. The van der Waals surface area contributed by atoms with Crippen LogP contribution in [0.3, 0.4) is 0 Å². The van der Waals surface area contributed by atoms with Crippen molar-refractivity contribution in [3.05, 3.63) is 40.3 Å². The van der Waals surface area contributed by atoms with Crippen molar-refractivity contribution in [1.29, 1.82) is 0 Å². The molecule has 1 N–H and O–H groups in total. The van der Waals surface area contributed by atoms with Crippen molar-refractivity contribution >= 4 is 11.7 Å². The molecular weight excluding hydrogens is 482 g/mol. The molecule has 1 amide bonds. The van der Waals surface area contributed by atoms with Crippen molar-refractivity contribution in [3.8, 4) is 17.5 Å². The fourth-order valence-corrected chi connectivity index (χ4v) is 3.89. The number of imidazole rings is 1. The van der Waals surface area contributed by atoms with Crippen LogP contribution in [0.1, 0.15) is 12.8 Å². The predicted octanol–water partition coefficient (Wildman–Crippen LogP) is 2.25. The maximum absolute atomic E-state index is 13.8. The van der Waals surface area contributed by atoms with Gasteiger partial charge in [-0.1, -0.05) is 0 Å². The number of rotatable bonds is 7. The van der Waals surface area contributed by atoms with Gasteiger partial charge in [-0.2, -0.15) is 0 Å². The zero-order valence-corrected chi connectivity index (χ0v) is 18.2. The number of alkyl halides is 3. The predicted molar refractivity (Wildman–Crippen MR) is 109 cm³/mol. The number of ether oxygens (including phenoxy) is 3. The molecule has 35 heavy (non-hydrogen) atoms. The van der Waals surface area contributed by atoms with Gasteiger partial charge in [-0.3, -0.25) is 14.3 Å². The molecule has 1 saturated heterocycles. The van der Waals surface area contributed by atoms with Gasteiger partial charge >= 0.3 is 18.2 Å². The van der Waals surface area contributed by atoms with E-state index in [1.54, 1.807) is 0 Å². The summed E-state index contributed by atoms with van der Waals surface area (Å²) in [5.41, 5.74) is 0. The molecule has 2 aliphatic rings. The van der Waals surface area contributed by atoms with Crippen LogP contribution in [0.2, 0.25) is 0 Å². The number of halogens is 4. The number of hydrogen-bond acceptors (Lipinski definition) is 8. The molecule has 11 nitrogen and oxygen atoms in total. The SMILES string of the molecule is O=C(CN1CCC(Oc2ccc(OC(F)(F)F)c(F)c2)CC1)NC1COc2nc([N+](=O)[O-])cn2C1. The third-order valence-electron chi connectivity index (χ3n) is 5.44. The van der Waals surface area contributed by atoms with Crippen LogP contribution in [0, 0.1) is 15.9 Å². The summed E-state index contributed by atoms with van der Waals surface area (Å²) in [6, 6.07) is 2.66. The molecule has 1 aromatic heterocycles. The molecule has 0 radical (unpaired) electrons. The lowest BCUT2D eigenvalue weighted by atomic mass is 10.1. The van der Waals surface area contributed by atoms with E-state index in [2.05, 4.69) is 15.0 Å². The number of amides is 1. The minimum Gasteiger partial charge on any atom is -0.490 e. The summed E-state index contributed by atoms with van der Waals surface area (Å²) in [6.45, 7) is 1.60. The van der Waals surface area contributed by atoms with Gasteiger partial charge in [-0.15, -0.1) is 13.2 Å². The van der Waals surface area contributed by atoms with E-state index in [0.717, 1.165) is 12.1 Å². The first-order chi connectivity index (χ1) is 16.6. The van der Waals surface area contributed by atoms with E-state index in [1.807, 2.05) is 4.90 Å². The quantitative estimate of drug-likeness (QED) is 0.347. The van der Waals surface area contributed by atoms with Crippen molar-refractivity contribution in [3.63, 3.8) is 0 Å². The number of carbonyl (C=O) groups excluding carboxylic acids is 1. The highest BCUT2D eigenvalue weighted by molar-refractivity contribution is 5.78. The van der Waals surface area contributed by atoms with Gasteiger partial charge in [0.15, 0.2) is 11.6 Å². The van der Waals surface area contributed by atoms with Crippen LogP contribution >= 0.6 is 0 Å². The molecular formula is C20H21F4N5O6. The van der Waals surface area contributed by atoms with Crippen molar-refractivity contribution in [1.82, 2.24) is 19.8 Å². The molecule has 0 bridgehead atoms. The molecule has 2 aromatic rings. The Morgan fingerprint density at radius 2 is 2.06 bits per heavy atom. The highest BCUT2D eigenvalue weighted by Gasteiger charge is 2.33. The van der Waals surface area contributed by atoms with E-state index in [-0.39, 0.29) is 48.8 Å². The number of hydrogen-bond donors (Lipinski definition) is 1. The second-order valence-electron chi connectivity index (χ2n) is 8.10. The van der Waals surface area contributed by atoms with Gasteiger partial charge in [0.25, 0.3) is 0 Å². The zero-order valence-electron chi connectivity index (χ0n) is 18.2. The molecule has 1 unspecified atom stereocenters. The summed E-state index contributed by atoms with van der Waals surface area (Å²) in [4.78, 5) is 28.3. The maximum Gasteiger partial charge on any atom is 0.573 e. The highest BCUT2D eigenvalue weighted by Crippen LogP contribution is 2.29. The smallest absolute Gasteiger partial charge is 0.490 e. The molecule has 2 aliphatic heterocycles. The summed E-state index contributed by atoms with van der Waals surface area (Å²) in [5, 5.41) is 13.7. The topological polar surface area (TPSA) is 121 Å². The number of nitrogens with one attached hydrogen (secondary N) is 1. The third-order valence-corrected chi connectivity index (χ3v) is 5.44. The molecule has 190 valence electrons. The van der Waals surface area contributed by atoms with Crippen LogP contribution in [0.25, 0.3) is 0 Å². The lowest BCUT2D eigenvalue weighted by Crippen LogP contribution is -2.49. The number of benzene rings is 1. The number of nitro groups is 1. The summed E-state index contributed by atoms with van der Waals surface area (Å²) in [7, 11) is 0. The molecule has 1 atom stereocenters. The van der Waals surface area contributed by atoms with Gasteiger partial charge in [-0.25, -0.2) is 4.39 Å². The molecule has 0 saturated carbocycles. The Hall–Kier alpha value is -3.62.